The van der Waals surface area contributed by atoms with Crippen molar-refractivity contribution in [2.24, 2.45) is 40.4 Å². The number of aliphatic carboxylic acids is 1. The lowest BCUT2D eigenvalue weighted by Gasteiger charge is -2.57. The lowest BCUT2D eigenvalue weighted by molar-refractivity contribution is -0.156. The van der Waals surface area contributed by atoms with Crippen LogP contribution in [0.25, 0.3) is 0 Å². The Balaban J connectivity index is 1.68. The minimum atomic E-state index is -1.27. The van der Waals surface area contributed by atoms with Gasteiger partial charge in [-0.3, -0.25) is 4.79 Å². The van der Waals surface area contributed by atoms with E-state index in [1.165, 1.54) is 5.57 Å². The first-order valence-corrected chi connectivity index (χ1v) is 10.0. The smallest absolute Gasteiger partial charge is 0.332 e. The van der Waals surface area contributed by atoms with E-state index < -0.39 is 12.1 Å². The molecular formula is C22H30O4. The molecule has 4 rings (SSSR count). The van der Waals surface area contributed by atoms with Gasteiger partial charge in [0.25, 0.3) is 0 Å². The average molecular weight is 358 g/mol. The minimum Gasteiger partial charge on any atom is -0.479 e. The first-order valence-electron chi connectivity index (χ1n) is 10.0. The summed E-state index contributed by atoms with van der Waals surface area (Å²) in [6, 6.07) is 0. The number of carboxylic acid groups (broad SMARTS) is 1. The Bertz CT molecular complexity index is 707. The van der Waals surface area contributed by atoms with Crippen LogP contribution in [0.15, 0.2) is 23.8 Å². The molecule has 0 aromatic heterocycles. The van der Waals surface area contributed by atoms with Crippen LogP contribution in [0.4, 0.5) is 0 Å². The molecule has 4 aliphatic carbocycles. The molecule has 0 spiro atoms. The number of allylic oxidation sites excluding steroid dienone is 4. The SMILES string of the molecule is CC1C[C@H]2[C@@H]3CCC4=CC(=O)C=C[C@]4(C)[C@H]3CC[C@]2(C)C1C(O)C(=O)O. The van der Waals surface area contributed by atoms with Gasteiger partial charge in [0.15, 0.2) is 11.9 Å². The number of fused-ring (bicyclic) bond motifs is 5. The maximum absolute atomic E-state index is 11.8. The number of hydrogen-bond donors (Lipinski definition) is 2. The molecule has 0 bridgehead atoms. The standard InChI is InChI=1S/C22H30O4/c1-12-10-17-15-5-4-13-11-14(23)6-8-21(13,2)16(15)7-9-22(17,3)18(12)19(24)20(25)26/h6,8,11-12,15-19,24H,4-5,7,9-10H2,1-3H3,(H,25,26)/t12?,15-,16+,17+,18?,19?,21+,22+/m1/s1. The molecule has 0 aromatic rings. The van der Waals surface area contributed by atoms with Crippen molar-refractivity contribution in [3.05, 3.63) is 23.8 Å². The van der Waals surface area contributed by atoms with Crippen LogP contribution in [0.2, 0.25) is 0 Å². The zero-order chi connectivity index (χ0) is 18.9. The summed E-state index contributed by atoms with van der Waals surface area (Å²) in [7, 11) is 0. The van der Waals surface area contributed by atoms with Crippen molar-refractivity contribution in [1.82, 2.24) is 0 Å². The molecule has 0 aromatic carbocycles. The van der Waals surface area contributed by atoms with Crippen molar-refractivity contribution in [1.29, 1.82) is 0 Å². The molecular weight excluding hydrogens is 328 g/mol. The van der Waals surface area contributed by atoms with Gasteiger partial charge in [-0.2, -0.15) is 0 Å². The largest absolute Gasteiger partial charge is 0.479 e. The maximum atomic E-state index is 11.8. The average Bonchev–Trinajstić information content (AvgIpc) is 2.85. The van der Waals surface area contributed by atoms with Crippen molar-refractivity contribution in [3.63, 3.8) is 0 Å². The van der Waals surface area contributed by atoms with Gasteiger partial charge in [0, 0.05) is 11.3 Å². The normalized spacial score (nSPS) is 48.2. The van der Waals surface area contributed by atoms with E-state index in [-0.39, 0.29) is 28.4 Å². The van der Waals surface area contributed by atoms with Gasteiger partial charge < -0.3 is 10.2 Å². The second-order valence-electron chi connectivity index (χ2n) is 9.67. The number of aliphatic hydroxyl groups excluding tert-OH is 1. The minimum absolute atomic E-state index is 0.0368. The number of rotatable bonds is 2. The highest BCUT2D eigenvalue weighted by atomic mass is 16.4. The predicted molar refractivity (Wildman–Crippen MR) is 98.3 cm³/mol. The van der Waals surface area contributed by atoms with Gasteiger partial charge in [0.1, 0.15) is 0 Å². The summed E-state index contributed by atoms with van der Waals surface area (Å²) in [5.41, 5.74) is 1.14. The third-order valence-corrected chi connectivity index (χ3v) is 8.59. The van der Waals surface area contributed by atoms with Gasteiger partial charge in [-0.05, 0) is 73.3 Å². The summed E-state index contributed by atoms with van der Waals surface area (Å²) in [5, 5.41) is 19.8. The van der Waals surface area contributed by atoms with Gasteiger partial charge in [0.2, 0.25) is 0 Å². The number of carbonyl (C=O) groups is 2. The molecule has 4 aliphatic rings. The van der Waals surface area contributed by atoms with E-state index in [1.807, 2.05) is 6.08 Å². The summed E-state index contributed by atoms with van der Waals surface area (Å²) in [5.74, 6) is 0.595. The Hall–Kier alpha value is -1.42. The number of aliphatic hydroxyl groups is 1. The summed E-state index contributed by atoms with van der Waals surface area (Å²) < 4.78 is 0. The number of carboxylic acids is 1. The molecule has 4 nitrogen and oxygen atoms in total. The molecule has 3 unspecified atom stereocenters. The van der Waals surface area contributed by atoms with Gasteiger partial charge in [-0.1, -0.05) is 32.4 Å². The van der Waals surface area contributed by atoms with Crippen LogP contribution in [0.3, 0.4) is 0 Å². The fourth-order valence-corrected chi connectivity index (χ4v) is 7.43. The fourth-order valence-electron chi connectivity index (χ4n) is 7.43. The quantitative estimate of drug-likeness (QED) is 0.791. The number of carbonyl (C=O) groups excluding carboxylic acids is 1. The molecule has 0 saturated heterocycles. The first-order chi connectivity index (χ1) is 12.2. The van der Waals surface area contributed by atoms with Crippen LogP contribution in [-0.4, -0.2) is 28.1 Å². The molecule has 3 saturated carbocycles. The second-order valence-corrected chi connectivity index (χ2v) is 9.67. The summed E-state index contributed by atoms with van der Waals surface area (Å²) in [6.07, 6.45) is 9.49. The molecule has 0 aliphatic heterocycles. The molecule has 2 N–H and O–H groups in total. The summed E-state index contributed by atoms with van der Waals surface area (Å²) in [4.78, 5) is 23.3. The van der Waals surface area contributed by atoms with Crippen molar-refractivity contribution in [2.75, 3.05) is 0 Å². The van der Waals surface area contributed by atoms with Gasteiger partial charge in [-0.15, -0.1) is 0 Å². The van der Waals surface area contributed by atoms with Gasteiger partial charge in [0.05, 0.1) is 0 Å². The van der Waals surface area contributed by atoms with Crippen LogP contribution in [0, 0.1) is 40.4 Å². The van der Waals surface area contributed by atoms with Crippen molar-refractivity contribution < 1.29 is 19.8 Å². The second kappa shape index (κ2) is 5.79. The van der Waals surface area contributed by atoms with E-state index in [4.69, 9.17) is 0 Å². The monoisotopic (exact) mass is 358 g/mol. The van der Waals surface area contributed by atoms with E-state index in [0.717, 1.165) is 32.1 Å². The zero-order valence-corrected chi connectivity index (χ0v) is 15.9. The topological polar surface area (TPSA) is 74.6 Å². The molecule has 0 radical (unpaired) electrons. The van der Waals surface area contributed by atoms with Crippen LogP contribution < -0.4 is 0 Å². The molecule has 4 heteroatoms. The van der Waals surface area contributed by atoms with Crippen molar-refractivity contribution >= 4 is 11.8 Å². The molecule has 0 heterocycles. The first kappa shape index (κ1) is 18.0. The highest BCUT2D eigenvalue weighted by molar-refractivity contribution is 6.01. The molecule has 8 atom stereocenters. The fraction of sp³-hybridized carbons (Fsp3) is 0.727. The Morgan fingerprint density at radius 2 is 2.00 bits per heavy atom. The lowest BCUT2D eigenvalue weighted by Crippen LogP contribution is -2.51. The zero-order valence-electron chi connectivity index (χ0n) is 15.9. The van der Waals surface area contributed by atoms with E-state index in [9.17, 15) is 19.8 Å². The lowest BCUT2D eigenvalue weighted by atomic mass is 9.47. The van der Waals surface area contributed by atoms with Gasteiger partial charge >= 0.3 is 5.97 Å². The van der Waals surface area contributed by atoms with E-state index in [1.54, 1.807) is 6.08 Å². The highest BCUT2D eigenvalue weighted by Crippen LogP contribution is 2.67. The van der Waals surface area contributed by atoms with Crippen LogP contribution in [0.1, 0.15) is 52.9 Å². The van der Waals surface area contributed by atoms with Crippen LogP contribution >= 0.6 is 0 Å². The van der Waals surface area contributed by atoms with Crippen molar-refractivity contribution in [2.45, 2.75) is 59.0 Å². The molecule has 3 fully saturated rings. The van der Waals surface area contributed by atoms with E-state index >= 15 is 0 Å². The summed E-state index contributed by atoms with van der Waals surface area (Å²) in [6.45, 7) is 6.62. The Labute approximate surface area is 155 Å². The number of hydrogen-bond acceptors (Lipinski definition) is 3. The number of ketones is 1. The molecule has 26 heavy (non-hydrogen) atoms. The third kappa shape index (κ3) is 2.30. The van der Waals surface area contributed by atoms with E-state index in [0.29, 0.717) is 17.8 Å². The van der Waals surface area contributed by atoms with Crippen LogP contribution in [-0.2, 0) is 9.59 Å². The Morgan fingerprint density at radius 3 is 2.69 bits per heavy atom. The van der Waals surface area contributed by atoms with E-state index in [2.05, 4.69) is 26.8 Å². The Morgan fingerprint density at radius 1 is 1.27 bits per heavy atom. The molecule has 142 valence electrons. The van der Waals surface area contributed by atoms with Crippen LogP contribution in [0.5, 0.6) is 0 Å². The molecule has 0 amide bonds. The third-order valence-electron chi connectivity index (χ3n) is 8.59. The summed E-state index contributed by atoms with van der Waals surface area (Å²) >= 11 is 0. The maximum Gasteiger partial charge on any atom is 0.332 e. The van der Waals surface area contributed by atoms with Crippen molar-refractivity contribution in [3.8, 4) is 0 Å². The van der Waals surface area contributed by atoms with Gasteiger partial charge in [-0.25, -0.2) is 4.79 Å². The predicted octanol–water partition coefficient (Wildman–Crippen LogP) is 3.60. The Kier molecular flexibility index (Phi) is 4.00. The highest BCUT2D eigenvalue weighted by Gasteiger charge is 2.62.